The molecule has 14 heavy (non-hydrogen) atoms. The SMILES string of the molecule is NC[C@H]1O[C@@H](C(=O)O)[C@H](O)[C@@H](O)[C@@H]1O. The zero-order valence-electron chi connectivity index (χ0n) is 7.28. The number of rotatable bonds is 2. The lowest BCUT2D eigenvalue weighted by molar-refractivity contribution is -0.225. The molecule has 0 bridgehead atoms. The molecule has 7 nitrogen and oxygen atoms in total. The van der Waals surface area contributed by atoms with Crippen molar-refractivity contribution in [1.82, 2.24) is 0 Å². The van der Waals surface area contributed by atoms with Crippen molar-refractivity contribution in [3.63, 3.8) is 0 Å². The number of carbonyl (C=O) groups is 1. The molecule has 6 N–H and O–H groups in total. The number of aliphatic hydroxyl groups excluding tert-OH is 3. The van der Waals surface area contributed by atoms with Crippen LogP contribution >= 0.6 is 0 Å². The van der Waals surface area contributed by atoms with Crippen molar-refractivity contribution in [1.29, 1.82) is 0 Å². The minimum absolute atomic E-state index is 0.130. The zero-order valence-corrected chi connectivity index (χ0v) is 7.28. The van der Waals surface area contributed by atoms with Gasteiger partial charge in [-0.25, -0.2) is 4.79 Å². The molecule has 1 aliphatic heterocycles. The molecule has 0 aliphatic carbocycles. The fourth-order valence-electron chi connectivity index (χ4n) is 1.35. The number of carboxylic acids is 1. The van der Waals surface area contributed by atoms with Gasteiger partial charge in [-0.05, 0) is 0 Å². The summed E-state index contributed by atoms with van der Waals surface area (Å²) in [7, 11) is 0. The van der Waals surface area contributed by atoms with Gasteiger partial charge >= 0.3 is 5.97 Å². The molecule has 5 atom stereocenters. The van der Waals surface area contributed by atoms with E-state index in [-0.39, 0.29) is 6.54 Å². The fourth-order valence-corrected chi connectivity index (χ4v) is 1.35. The highest BCUT2D eigenvalue weighted by Gasteiger charge is 2.46. The Hall–Kier alpha value is -0.730. The van der Waals surface area contributed by atoms with Crippen LogP contribution in [0.5, 0.6) is 0 Å². The Kier molecular flexibility index (Phi) is 3.40. The van der Waals surface area contributed by atoms with Gasteiger partial charge in [-0.2, -0.15) is 0 Å². The lowest BCUT2D eigenvalue weighted by Crippen LogP contribution is -2.61. The molecule has 0 aromatic heterocycles. The van der Waals surface area contributed by atoms with Crippen LogP contribution in [0.4, 0.5) is 0 Å². The predicted molar refractivity (Wildman–Crippen MR) is 43.4 cm³/mol. The number of hydrogen-bond donors (Lipinski definition) is 5. The minimum atomic E-state index is -1.65. The van der Waals surface area contributed by atoms with Crippen LogP contribution in [-0.4, -0.2) is 63.5 Å². The number of ether oxygens (including phenoxy) is 1. The molecule has 0 aromatic carbocycles. The third-order valence-corrected chi connectivity index (χ3v) is 2.19. The average molecular weight is 207 g/mol. The fraction of sp³-hybridized carbons (Fsp3) is 0.857. The normalized spacial score (nSPS) is 43.6. The third-order valence-electron chi connectivity index (χ3n) is 2.19. The molecule has 0 aromatic rings. The van der Waals surface area contributed by atoms with Gasteiger partial charge < -0.3 is 30.9 Å². The summed E-state index contributed by atoms with van der Waals surface area (Å²) < 4.78 is 4.81. The van der Waals surface area contributed by atoms with Crippen molar-refractivity contribution in [3.8, 4) is 0 Å². The van der Waals surface area contributed by atoms with Crippen molar-refractivity contribution in [2.45, 2.75) is 30.5 Å². The van der Waals surface area contributed by atoms with Crippen LogP contribution in [0.25, 0.3) is 0 Å². The summed E-state index contributed by atoms with van der Waals surface area (Å²) in [4.78, 5) is 10.6. The highest BCUT2D eigenvalue weighted by molar-refractivity contribution is 5.73. The van der Waals surface area contributed by atoms with Crippen molar-refractivity contribution < 1.29 is 30.0 Å². The van der Waals surface area contributed by atoms with Crippen LogP contribution in [0.1, 0.15) is 0 Å². The standard InChI is InChI=1S/C7H13NO6/c8-1-2-3(9)4(10)5(11)6(14-2)7(12)13/h2-6,9-11H,1,8H2,(H,12,13)/t2-,3-,4+,5-,6-/m1/s1. The lowest BCUT2D eigenvalue weighted by atomic mass is 9.95. The molecule has 0 amide bonds. The predicted octanol–water partition coefficient (Wildman–Crippen LogP) is -3.12. The molecule has 1 fully saturated rings. The van der Waals surface area contributed by atoms with Crippen molar-refractivity contribution in [2.75, 3.05) is 6.54 Å². The maximum atomic E-state index is 10.6. The van der Waals surface area contributed by atoms with Crippen LogP contribution in [-0.2, 0) is 9.53 Å². The van der Waals surface area contributed by atoms with Gasteiger partial charge in [0, 0.05) is 6.54 Å². The highest BCUT2D eigenvalue weighted by Crippen LogP contribution is 2.20. The van der Waals surface area contributed by atoms with E-state index >= 15 is 0 Å². The molecule has 1 rings (SSSR count). The van der Waals surface area contributed by atoms with Gasteiger partial charge in [-0.3, -0.25) is 0 Å². The van der Waals surface area contributed by atoms with Crippen molar-refractivity contribution in [3.05, 3.63) is 0 Å². The van der Waals surface area contributed by atoms with Crippen LogP contribution in [0.2, 0.25) is 0 Å². The second kappa shape index (κ2) is 4.20. The zero-order chi connectivity index (χ0) is 10.9. The molecule has 0 radical (unpaired) electrons. The van der Waals surface area contributed by atoms with E-state index in [1.54, 1.807) is 0 Å². The van der Waals surface area contributed by atoms with Crippen LogP contribution in [0, 0.1) is 0 Å². The van der Waals surface area contributed by atoms with E-state index in [0.29, 0.717) is 0 Å². The van der Waals surface area contributed by atoms with E-state index in [1.807, 2.05) is 0 Å². The van der Waals surface area contributed by atoms with E-state index < -0.39 is 36.5 Å². The second-order valence-corrected chi connectivity index (χ2v) is 3.14. The quantitative estimate of drug-likeness (QED) is 0.323. The molecule has 1 saturated heterocycles. The molecule has 0 spiro atoms. The van der Waals surface area contributed by atoms with E-state index in [2.05, 4.69) is 0 Å². The highest BCUT2D eigenvalue weighted by atomic mass is 16.6. The number of aliphatic carboxylic acids is 1. The molecule has 7 heteroatoms. The van der Waals surface area contributed by atoms with Crippen molar-refractivity contribution >= 4 is 5.97 Å². The first kappa shape index (κ1) is 11.3. The summed E-state index contributed by atoms with van der Waals surface area (Å²) >= 11 is 0. The van der Waals surface area contributed by atoms with Gasteiger partial charge in [-0.15, -0.1) is 0 Å². The molecular weight excluding hydrogens is 194 g/mol. The Morgan fingerprint density at radius 2 is 1.79 bits per heavy atom. The lowest BCUT2D eigenvalue weighted by Gasteiger charge is -2.38. The summed E-state index contributed by atoms with van der Waals surface area (Å²) in [6.45, 7) is -0.130. The third kappa shape index (κ3) is 1.86. The van der Waals surface area contributed by atoms with Crippen LogP contribution in [0.15, 0.2) is 0 Å². The van der Waals surface area contributed by atoms with Gasteiger partial charge in [0.2, 0.25) is 0 Å². The summed E-state index contributed by atoms with van der Waals surface area (Å²) in [5.74, 6) is -1.40. The van der Waals surface area contributed by atoms with Crippen LogP contribution < -0.4 is 5.73 Å². The van der Waals surface area contributed by atoms with E-state index in [0.717, 1.165) is 0 Å². The second-order valence-electron chi connectivity index (χ2n) is 3.14. The maximum Gasteiger partial charge on any atom is 0.335 e. The minimum Gasteiger partial charge on any atom is -0.479 e. The Morgan fingerprint density at radius 1 is 1.21 bits per heavy atom. The number of aliphatic hydroxyl groups is 3. The van der Waals surface area contributed by atoms with E-state index in [1.165, 1.54) is 0 Å². The number of carboxylic acid groups (broad SMARTS) is 1. The van der Waals surface area contributed by atoms with Gasteiger partial charge in [0.25, 0.3) is 0 Å². The van der Waals surface area contributed by atoms with Crippen molar-refractivity contribution in [2.24, 2.45) is 5.73 Å². The van der Waals surface area contributed by atoms with Gasteiger partial charge in [0.15, 0.2) is 6.10 Å². The van der Waals surface area contributed by atoms with Gasteiger partial charge in [-0.1, -0.05) is 0 Å². The maximum absolute atomic E-state index is 10.6. The first-order valence-electron chi connectivity index (χ1n) is 4.11. The van der Waals surface area contributed by atoms with Gasteiger partial charge in [0.05, 0.1) is 6.10 Å². The number of hydrogen-bond acceptors (Lipinski definition) is 6. The summed E-state index contributed by atoms with van der Waals surface area (Å²) in [5.41, 5.74) is 5.19. The average Bonchev–Trinajstić information content (AvgIpc) is 2.14. The molecule has 82 valence electrons. The topological polar surface area (TPSA) is 133 Å². The first-order chi connectivity index (χ1) is 6.49. The van der Waals surface area contributed by atoms with Gasteiger partial charge in [0.1, 0.15) is 18.3 Å². The number of nitrogens with two attached hydrogens (primary N) is 1. The molecule has 0 unspecified atom stereocenters. The Morgan fingerprint density at radius 3 is 2.21 bits per heavy atom. The van der Waals surface area contributed by atoms with E-state index in [9.17, 15) is 20.1 Å². The largest absolute Gasteiger partial charge is 0.479 e. The first-order valence-corrected chi connectivity index (χ1v) is 4.11. The van der Waals surface area contributed by atoms with Crippen LogP contribution in [0.3, 0.4) is 0 Å². The molecular formula is C7H13NO6. The summed E-state index contributed by atoms with van der Waals surface area (Å²) in [5, 5.41) is 36.4. The Balaban J connectivity index is 2.78. The summed E-state index contributed by atoms with van der Waals surface area (Å²) in [6, 6.07) is 0. The molecule has 0 saturated carbocycles. The smallest absolute Gasteiger partial charge is 0.335 e. The molecule has 1 aliphatic rings. The Bertz CT molecular complexity index is 220. The van der Waals surface area contributed by atoms with E-state index in [4.69, 9.17) is 15.6 Å². The Labute approximate surface area is 79.7 Å². The molecule has 1 heterocycles. The summed E-state index contributed by atoms with van der Waals surface area (Å²) in [6.07, 6.45) is -7.11. The monoisotopic (exact) mass is 207 g/mol.